The summed E-state index contributed by atoms with van der Waals surface area (Å²) < 4.78 is 4.56. The average molecular weight is 388 g/mol. The molecule has 0 aliphatic rings. The Kier molecular flexibility index (Phi) is 5.10. The summed E-state index contributed by atoms with van der Waals surface area (Å²) in [5.74, 6) is -0.0258. The first kappa shape index (κ1) is 16.4. The molecule has 3 rings (SSSR count). The minimum atomic E-state index is -0.0258. The van der Waals surface area contributed by atoms with Crippen molar-refractivity contribution < 1.29 is 4.79 Å². The molecule has 0 spiro atoms. The van der Waals surface area contributed by atoms with Crippen LogP contribution in [-0.2, 0) is 17.9 Å². The number of carbonyl (C=O) groups is 1. The molecular weight excluding hydrogens is 370 g/mol. The van der Waals surface area contributed by atoms with Gasteiger partial charge in [-0.3, -0.25) is 14.2 Å². The zero-order valence-electron chi connectivity index (χ0n) is 13.3. The number of carbonyl (C=O) groups excluding carboxylic acids is 1. The fourth-order valence-electron chi connectivity index (χ4n) is 2.39. The summed E-state index contributed by atoms with van der Waals surface area (Å²) in [5, 5.41) is 11.4. The van der Waals surface area contributed by atoms with Crippen molar-refractivity contribution in [3.8, 4) is 0 Å². The van der Waals surface area contributed by atoms with Crippen LogP contribution in [0.2, 0.25) is 0 Å². The van der Waals surface area contributed by atoms with Crippen molar-refractivity contribution in [2.75, 3.05) is 5.32 Å². The number of nitrogens with one attached hydrogen (secondary N) is 1. The van der Waals surface area contributed by atoms with Crippen LogP contribution in [0.15, 0.2) is 53.5 Å². The summed E-state index contributed by atoms with van der Waals surface area (Å²) in [7, 11) is 0. The fraction of sp³-hybridized carbons (Fsp3) is 0.235. The van der Waals surface area contributed by atoms with Crippen LogP contribution >= 0.6 is 15.9 Å². The maximum atomic E-state index is 12.1. The Morgan fingerprint density at radius 2 is 2.04 bits per heavy atom. The second kappa shape index (κ2) is 7.44. The highest BCUT2D eigenvalue weighted by atomic mass is 79.9. The van der Waals surface area contributed by atoms with Crippen molar-refractivity contribution in [2.45, 2.75) is 26.4 Å². The number of amides is 1. The monoisotopic (exact) mass is 387 g/mol. The molecule has 0 atom stereocenters. The van der Waals surface area contributed by atoms with Crippen molar-refractivity contribution in [1.82, 2.24) is 19.6 Å². The first-order chi connectivity index (χ1) is 11.6. The van der Waals surface area contributed by atoms with Crippen molar-refractivity contribution in [1.29, 1.82) is 0 Å². The first-order valence-corrected chi connectivity index (χ1v) is 8.43. The molecule has 0 unspecified atom stereocenters. The Bertz CT molecular complexity index is 839. The summed E-state index contributed by atoms with van der Waals surface area (Å²) >= 11 is 3.38. The molecule has 6 nitrogen and oxygen atoms in total. The Morgan fingerprint density at radius 1 is 1.21 bits per heavy atom. The number of aryl methyl sites for hydroxylation is 2. The number of rotatable bonds is 6. The highest BCUT2D eigenvalue weighted by Crippen LogP contribution is 2.14. The van der Waals surface area contributed by atoms with E-state index in [9.17, 15) is 4.79 Å². The maximum absolute atomic E-state index is 12.1. The Balaban J connectivity index is 1.56. The van der Waals surface area contributed by atoms with Gasteiger partial charge in [0, 0.05) is 31.0 Å². The number of hydrogen-bond acceptors (Lipinski definition) is 3. The number of benzene rings is 1. The van der Waals surface area contributed by atoms with E-state index in [0.29, 0.717) is 19.5 Å². The molecule has 2 heterocycles. The molecule has 3 aromatic rings. The summed E-state index contributed by atoms with van der Waals surface area (Å²) in [6, 6.07) is 7.79. The predicted molar refractivity (Wildman–Crippen MR) is 95.7 cm³/mol. The zero-order valence-corrected chi connectivity index (χ0v) is 14.9. The quantitative estimate of drug-likeness (QED) is 0.705. The van der Waals surface area contributed by atoms with Gasteiger partial charge < -0.3 is 5.32 Å². The van der Waals surface area contributed by atoms with Crippen molar-refractivity contribution in [3.05, 3.63) is 64.7 Å². The molecule has 124 valence electrons. The van der Waals surface area contributed by atoms with Crippen LogP contribution < -0.4 is 5.32 Å². The highest BCUT2D eigenvalue weighted by molar-refractivity contribution is 9.10. The Morgan fingerprint density at radius 3 is 2.75 bits per heavy atom. The third kappa shape index (κ3) is 4.55. The number of halogens is 1. The van der Waals surface area contributed by atoms with Gasteiger partial charge in [0.2, 0.25) is 5.91 Å². The summed E-state index contributed by atoms with van der Waals surface area (Å²) in [4.78, 5) is 12.1. The van der Waals surface area contributed by atoms with Crippen LogP contribution in [0, 0.1) is 6.92 Å². The topological polar surface area (TPSA) is 64.7 Å². The number of aromatic nitrogens is 4. The second-order valence-corrected chi connectivity index (χ2v) is 6.55. The zero-order chi connectivity index (χ0) is 16.9. The van der Waals surface area contributed by atoms with Crippen LogP contribution in [0.4, 0.5) is 5.69 Å². The van der Waals surface area contributed by atoms with Crippen LogP contribution in [0.3, 0.4) is 0 Å². The van der Waals surface area contributed by atoms with Crippen LogP contribution in [0.25, 0.3) is 0 Å². The van der Waals surface area contributed by atoms with E-state index in [-0.39, 0.29) is 5.91 Å². The van der Waals surface area contributed by atoms with Gasteiger partial charge in [-0.2, -0.15) is 10.2 Å². The molecule has 0 saturated carbocycles. The molecular formula is C17H18BrN5O. The average Bonchev–Trinajstić information content (AvgIpc) is 3.14. The molecule has 1 amide bonds. The van der Waals surface area contributed by atoms with Crippen molar-refractivity contribution >= 4 is 27.5 Å². The molecule has 7 heteroatoms. The van der Waals surface area contributed by atoms with E-state index in [1.807, 2.05) is 48.3 Å². The third-order valence-electron chi connectivity index (χ3n) is 3.49. The maximum Gasteiger partial charge on any atom is 0.226 e. The van der Waals surface area contributed by atoms with E-state index in [0.717, 1.165) is 21.3 Å². The van der Waals surface area contributed by atoms with Gasteiger partial charge in [-0.1, -0.05) is 12.1 Å². The van der Waals surface area contributed by atoms with E-state index >= 15 is 0 Å². The fourth-order valence-corrected chi connectivity index (χ4v) is 2.72. The van der Waals surface area contributed by atoms with E-state index in [2.05, 4.69) is 31.4 Å². The number of hydrogen-bond donors (Lipinski definition) is 1. The van der Waals surface area contributed by atoms with E-state index in [1.165, 1.54) is 0 Å². The van der Waals surface area contributed by atoms with Gasteiger partial charge in [0.15, 0.2) is 0 Å². The highest BCUT2D eigenvalue weighted by Gasteiger charge is 2.05. The molecule has 0 bridgehead atoms. The van der Waals surface area contributed by atoms with Gasteiger partial charge in [-0.05, 0) is 46.1 Å². The normalized spacial score (nSPS) is 10.8. The van der Waals surface area contributed by atoms with E-state index in [1.54, 1.807) is 17.1 Å². The number of anilines is 1. The van der Waals surface area contributed by atoms with Crippen LogP contribution in [0.1, 0.15) is 17.5 Å². The smallest absolute Gasteiger partial charge is 0.226 e. The minimum absolute atomic E-state index is 0.0258. The standard InChI is InChI=1S/C17H18BrN5O/c1-13-8-19-22(10-13)6-5-17(24)21-16-4-2-3-14(7-16)11-23-12-15(18)9-20-23/h2-4,7-10,12H,5-6,11H2,1H3,(H,21,24). The van der Waals surface area contributed by atoms with E-state index in [4.69, 9.17) is 0 Å². The second-order valence-electron chi connectivity index (χ2n) is 5.64. The summed E-state index contributed by atoms with van der Waals surface area (Å²) in [5.41, 5.74) is 2.96. The molecule has 1 N–H and O–H groups in total. The van der Waals surface area contributed by atoms with E-state index < -0.39 is 0 Å². The number of nitrogens with zero attached hydrogens (tertiary/aromatic N) is 4. The van der Waals surface area contributed by atoms with Gasteiger partial charge in [0.25, 0.3) is 0 Å². The summed E-state index contributed by atoms with van der Waals surface area (Å²) in [6.07, 6.45) is 7.77. The third-order valence-corrected chi connectivity index (χ3v) is 3.90. The SMILES string of the molecule is Cc1cnn(CCC(=O)Nc2cccc(Cn3cc(Br)cn3)c2)c1. The van der Waals surface area contributed by atoms with Gasteiger partial charge >= 0.3 is 0 Å². The lowest BCUT2D eigenvalue weighted by molar-refractivity contribution is -0.116. The molecule has 2 aromatic heterocycles. The van der Waals surface area contributed by atoms with Gasteiger partial charge in [-0.25, -0.2) is 0 Å². The van der Waals surface area contributed by atoms with Crippen molar-refractivity contribution in [3.63, 3.8) is 0 Å². The molecule has 0 radical (unpaired) electrons. The largest absolute Gasteiger partial charge is 0.326 e. The van der Waals surface area contributed by atoms with Gasteiger partial charge in [0.1, 0.15) is 0 Å². The summed E-state index contributed by atoms with van der Waals surface area (Å²) in [6.45, 7) is 3.20. The molecule has 0 saturated heterocycles. The molecule has 24 heavy (non-hydrogen) atoms. The van der Waals surface area contributed by atoms with Gasteiger partial charge in [0.05, 0.1) is 23.4 Å². The lowest BCUT2D eigenvalue weighted by Gasteiger charge is -2.08. The Labute approximate surface area is 148 Å². The molecule has 0 aliphatic heterocycles. The van der Waals surface area contributed by atoms with Gasteiger partial charge in [-0.15, -0.1) is 0 Å². The molecule has 0 aliphatic carbocycles. The first-order valence-electron chi connectivity index (χ1n) is 7.64. The lowest BCUT2D eigenvalue weighted by Crippen LogP contribution is -2.15. The lowest BCUT2D eigenvalue weighted by atomic mass is 10.2. The van der Waals surface area contributed by atoms with Crippen LogP contribution in [-0.4, -0.2) is 25.5 Å². The Hall–Kier alpha value is -2.41. The molecule has 0 fully saturated rings. The van der Waals surface area contributed by atoms with Crippen LogP contribution in [0.5, 0.6) is 0 Å². The minimum Gasteiger partial charge on any atom is -0.326 e. The van der Waals surface area contributed by atoms with Crippen molar-refractivity contribution in [2.24, 2.45) is 0 Å². The molecule has 1 aromatic carbocycles. The predicted octanol–water partition coefficient (Wildman–Crippen LogP) is 3.23.